The molecule has 0 spiro atoms. The van der Waals surface area contributed by atoms with E-state index in [1.54, 1.807) is 12.1 Å². The maximum atomic E-state index is 12.9. The molecule has 0 aromatic heterocycles. The predicted octanol–water partition coefficient (Wildman–Crippen LogP) is 7.13. The Balaban J connectivity index is 1.06. The highest BCUT2D eigenvalue weighted by Crippen LogP contribution is 2.21. The molecule has 0 atom stereocenters. The zero-order chi connectivity index (χ0) is 31.3. The number of rotatable bonds is 13. The fourth-order valence-corrected chi connectivity index (χ4v) is 5.97. The molecule has 4 amide bonds. The number of benzene rings is 2. The fraction of sp³-hybridized carbons (Fsp3) is 0.556. The van der Waals surface area contributed by atoms with Crippen molar-refractivity contribution < 1.29 is 19.2 Å². The highest BCUT2D eigenvalue weighted by atomic mass is 16.2. The van der Waals surface area contributed by atoms with Crippen molar-refractivity contribution in [3.05, 3.63) is 59.7 Å². The van der Waals surface area contributed by atoms with E-state index < -0.39 is 0 Å². The number of nitrogens with zero attached hydrogens (tertiary/aromatic N) is 2. The smallest absolute Gasteiger partial charge is 0.253 e. The Kier molecular flexibility index (Phi) is 12.8. The number of anilines is 2. The van der Waals surface area contributed by atoms with Crippen LogP contribution in [0.5, 0.6) is 0 Å². The molecule has 2 N–H and O–H groups in total. The predicted molar refractivity (Wildman–Crippen MR) is 176 cm³/mol. The first kappa shape index (κ1) is 33.2. The summed E-state index contributed by atoms with van der Waals surface area (Å²) < 4.78 is 0. The fourth-order valence-electron chi connectivity index (χ4n) is 5.97. The molecule has 2 aromatic carbocycles. The molecule has 0 radical (unpaired) electrons. The Morgan fingerprint density at radius 3 is 1.34 bits per heavy atom. The quantitative estimate of drug-likeness (QED) is 0.238. The van der Waals surface area contributed by atoms with E-state index in [2.05, 4.69) is 24.5 Å². The van der Waals surface area contributed by atoms with E-state index in [1.165, 1.54) is 0 Å². The highest BCUT2D eigenvalue weighted by Gasteiger charge is 2.23. The van der Waals surface area contributed by atoms with Crippen LogP contribution in [0.2, 0.25) is 0 Å². The van der Waals surface area contributed by atoms with Crippen LogP contribution in [0.3, 0.4) is 0 Å². The van der Waals surface area contributed by atoms with E-state index in [0.29, 0.717) is 47.2 Å². The number of piperidine rings is 2. The number of likely N-dealkylation sites (tertiary alicyclic amines) is 2. The number of carbonyl (C=O) groups excluding carboxylic acids is 4. The van der Waals surface area contributed by atoms with Crippen LogP contribution >= 0.6 is 0 Å². The molecule has 8 nitrogen and oxygen atoms in total. The van der Waals surface area contributed by atoms with Crippen molar-refractivity contribution in [2.45, 2.75) is 90.9 Å². The van der Waals surface area contributed by atoms with Gasteiger partial charge in [-0.25, -0.2) is 0 Å². The summed E-state index contributed by atoms with van der Waals surface area (Å²) in [4.78, 5) is 54.5. The Morgan fingerprint density at radius 2 is 0.955 bits per heavy atom. The van der Waals surface area contributed by atoms with E-state index in [0.717, 1.165) is 90.4 Å². The van der Waals surface area contributed by atoms with Gasteiger partial charge in [-0.05, 0) is 86.8 Å². The second kappa shape index (κ2) is 17.0. The molecule has 44 heavy (non-hydrogen) atoms. The lowest BCUT2D eigenvalue weighted by molar-refractivity contribution is -0.117. The van der Waals surface area contributed by atoms with E-state index in [1.807, 2.05) is 46.2 Å². The molecule has 2 aliphatic heterocycles. The molecule has 0 aliphatic carbocycles. The lowest BCUT2D eigenvalue weighted by atomic mass is 9.98. The van der Waals surface area contributed by atoms with Crippen LogP contribution in [0, 0.1) is 11.8 Å². The van der Waals surface area contributed by atoms with Crippen LogP contribution in [0.15, 0.2) is 48.5 Å². The van der Waals surface area contributed by atoms with E-state index in [9.17, 15) is 19.2 Å². The largest absolute Gasteiger partial charge is 0.339 e. The summed E-state index contributed by atoms with van der Waals surface area (Å²) in [7, 11) is 0. The average molecular weight is 603 g/mol. The standard InChI is InChI=1S/C36H50N4O4/c1-27-17-21-39(22-18-27)35(43)29-11-9-13-31(25-29)37-33(41)15-7-5-3-4-6-8-16-34(42)38-32-14-10-12-30(26-32)36(44)40-23-19-28(2)20-24-40/h9-14,25-28H,3-8,15-24H2,1-2H3,(H,37,41)(H,38,42). The number of unbranched alkanes of at least 4 members (excludes halogenated alkanes) is 5. The summed E-state index contributed by atoms with van der Waals surface area (Å²) in [5.41, 5.74) is 2.58. The Bertz CT molecular complexity index is 1160. The second-order valence-electron chi connectivity index (χ2n) is 12.8. The van der Waals surface area contributed by atoms with E-state index >= 15 is 0 Å². The molecule has 8 heteroatoms. The number of amides is 4. The molecule has 2 aromatic rings. The third kappa shape index (κ3) is 10.5. The van der Waals surface area contributed by atoms with Crippen LogP contribution in [0.25, 0.3) is 0 Å². The first-order valence-electron chi connectivity index (χ1n) is 16.7. The normalized spacial score (nSPS) is 16.0. The van der Waals surface area contributed by atoms with Crippen LogP contribution in [0.4, 0.5) is 11.4 Å². The summed E-state index contributed by atoms with van der Waals surface area (Å²) in [5.74, 6) is 1.34. The summed E-state index contributed by atoms with van der Waals surface area (Å²) in [5, 5.41) is 5.89. The lowest BCUT2D eigenvalue weighted by Crippen LogP contribution is -2.37. The number of hydrogen-bond acceptors (Lipinski definition) is 4. The Morgan fingerprint density at radius 1 is 0.591 bits per heavy atom. The average Bonchev–Trinajstić information content (AvgIpc) is 3.02. The molecule has 2 saturated heterocycles. The van der Waals surface area contributed by atoms with Crippen molar-refractivity contribution in [2.75, 3.05) is 36.8 Å². The number of hydrogen-bond donors (Lipinski definition) is 2. The van der Waals surface area contributed by atoms with Crippen molar-refractivity contribution >= 4 is 35.0 Å². The molecule has 4 rings (SSSR count). The van der Waals surface area contributed by atoms with Crippen LogP contribution in [-0.4, -0.2) is 59.6 Å². The van der Waals surface area contributed by atoms with E-state index in [4.69, 9.17) is 0 Å². The lowest BCUT2D eigenvalue weighted by Gasteiger charge is -2.30. The van der Waals surface area contributed by atoms with Crippen molar-refractivity contribution in [3.63, 3.8) is 0 Å². The summed E-state index contributed by atoms with van der Waals surface area (Å²) in [6.45, 7) is 7.62. The van der Waals surface area contributed by atoms with Crippen molar-refractivity contribution in [2.24, 2.45) is 11.8 Å². The van der Waals surface area contributed by atoms with Crippen molar-refractivity contribution in [1.82, 2.24) is 9.80 Å². The SMILES string of the molecule is CC1CCN(C(=O)c2cccc(NC(=O)CCCCCCCCC(=O)Nc3cccc(C(=O)N4CCC(C)CC4)c3)c2)CC1. The third-order valence-corrected chi connectivity index (χ3v) is 8.99. The summed E-state index contributed by atoms with van der Waals surface area (Å²) >= 11 is 0. The van der Waals surface area contributed by atoms with Gasteiger partial charge in [0.25, 0.3) is 11.8 Å². The zero-order valence-electron chi connectivity index (χ0n) is 26.6. The van der Waals surface area contributed by atoms with Crippen molar-refractivity contribution in [1.29, 1.82) is 0 Å². The molecule has 2 fully saturated rings. The van der Waals surface area contributed by atoms with Gasteiger partial charge in [0.1, 0.15) is 0 Å². The van der Waals surface area contributed by atoms with Crippen molar-refractivity contribution in [3.8, 4) is 0 Å². The van der Waals surface area contributed by atoms with Crippen LogP contribution in [0.1, 0.15) is 112 Å². The molecule has 238 valence electrons. The minimum absolute atomic E-state index is 0.0330. The van der Waals surface area contributed by atoms with Gasteiger partial charge >= 0.3 is 0 Å². The molecule has 0 bridgehead atoms. The van der Waals surface area contributed by atoms with Gasteiger partial charge in [0.05, 0.1) is 0 Å². The first-order chi connectivity index (χ1) is 21.3. The minimum atomic E-state index is -0.0330. The van der Waals surface area contributed by atoms with Gasteiger partial charge in [-0.15, -0.1) is 0 Å². The highest BCUT2D eigenvalue weighted by molar-refractivity contribution is 5.98. The van der Waals surface area contributed by atoms with Crippen LogP contribution in [-0.2, 0) is 9.59 Å². The van der Waals surface area contributed by atoms with E-state index in [-0.39, 0.29) is 23.6 Å². The van der Waals surface area contributed by atoms with Gasteiger partial charge in [0, 0.05) is 61.5 Å². The summed E-state index contributed by atoms with van der Waals surface area (Å²) in [6, 6.07) is 14.5. The van der Waals surface area contributed by atoms with Gasteiger partial charge in [-0.2, -0.15) is 0 Å². The van der Waals surface area contributed by atoms with Gasteiger partial charge in [-0.3, -0.25) is 19.2 Å². The minimum Gasteiger partial charge on any atom is -0.339 e. The molecule has 0 saturated carbocycles. The zero-order valence-corrected chi connectivity index (χ0v) is 26.6. The Hall–Kier alpha value is -3.68. The Labute approximate surface area is 263 Å². The molecule has 0 unspecified atom stereocenters. The molecule has 2 aliphatic rings. The maximum absolute atomic E-state index is 12.9. The molecular formula is C36H50N4O4. The van der Waals surface area contributed by atoms with Gasteiger partial charge < -0.3 is 20.4 Å². The first-order valence-corrected chi connectivity index (χ1v) is 16.7. The second-order valence-corrected chi connectivity index (χ2v) is 12.8. The van der Waals surface area contributed by atoms with Crippen LogP contribution < -0.4 is 10.6 Å². The topological polar surface area (TPSA) is 98.8 Å². The van der Waals surface area contributed by atoms with Gasteiger partial charge in [-0.1, -0.05) is 51.7 Å². The number of carbonyl (C=O) groups is 4. The van der Waals surface area contributed by atoms with Gasteiger partial charge in [0.2, 0.25) is 11.8 Å². The molecular weight excluding hydrogens is 552 g/mol. The van der Waals surface area contributed by atoms with Gasteiger partial charge in [0.15, 0.2) is 0 Å². The third-order valence-electron chi connectivity index (χ3n) is 8.99. The monoisotopic (exact) mass is 602 g/mol. The number of nitrogens with one attached hydrogen (secondary N) is 2. The molecule has 2 heterocycles. The summed E-state index contributed by atoms with van der Waals surface area (Å²) in [6.07, 6.45) is 10.6. The maximum Gasteiger partial charge on any atom is 0.253 e.